The molecule has 1 saturated heterocycles. The van der Waals surface area contributed by atoms with E-state index in [1.54, 1.807) is 0 Å². The van der Waals surface area contributed by atoms with Crippen molar-refractivity contribution in [2.24, 2.45) is 0 Å². The van der Waals surface area contributed by atoms with Gasteiger partial charge in [0.2, 0.25) is 0 Å². The van der Waals surface area contributed by atoms with E-state index in [1.165, 1.54) is 42.5 Å². The summed E-state index contributed by atoms with van der Waals surface area (Å²) < 4.78 is 0. The number of hydrogen-bond acceptors (Lipinski definition) is 4. The van der Waals surface area contributed by atoms with Crippen molar-refractivity contribution in [2.75, 3.05) is 13.6 Å². The molecule has 1 aromatic carbocycles. The topological polar surface area (TPSA) is 41.9 Å². The molecule has 4 rings (SSSR count). The number of aryl methyl sites for hydroxylation is 3. The third-order valence-electron chi connectivity index (χ3n) is 6.84. The molecule has 0 aliphatic carbocycles. The summed E-state index contributed by atoms with van der Waals surface area (Å²) in [6.07, 6.45) is 8.92. The van der Waals surface area contributed by atoms with Crippen molar-refractivity contribution in [2.45, 2.75) is 78.2 Å². The van der Waals surface area contributed by atoms with Gasteiger partial charge in [-0.1, -0.05) is 38.5 Å². The number of fused-ring (bicyclic) bond motifs is 1. The van der Waals surface area contributed by atoms with E-state index in [9.17, 15) is 0 Å². The Labute approximate surface area is 187 Å². The van der Waals surface area contributed by atoms with Gasteiger partial charge in [-0.15, -0.1) is 0 Å². The minimum Gasteiger partial charge on any atom is -0.303 e. The van der Waals surface area contributed by atoms with Crippen molar-refractivity contribution in [3.8, 4) is 0 Å². The Hall–Kier alpha value is -2.33. The second-order valence-electron chi connectivity index (χ2n) is 9.05. The summed E-state index contributed by atoms with van der Waals surface area (Å²) in [5, 5.41) is 1.07. The van der Waals surface area contributed by atoms with Crippen LogP contribution >= 0.6 is 0 Å². The summed E-state index contributed by atoms with van der Waals surface area (Å²) in [7, 11) is 2.23. The zero-order valence-electron chi connectivity index (χ0n) is 19.6. The van der Waals surface area contributed by atoms with Gasteiger partial charge in [0, 0.05) is 30.0 Å². The Bertz CT molecular complexity index is 1040. The maximum atomic E-state index is 4.98. The van der Waals surface area contributed by atoms with Gasteiger partial charge in [-0.25, -0.2) is 15.0 Å². The second kappa shape index (κ2) is 9.86. The molecule has 0 N–H and O–H groups in total. The summed E-state index contributed by atoms with van der Waals surface area (Å²) in [5.41, 5.74) is 7.36. The highest BCUT2D eigenvalue weighted by Gasteiger charge is 2.21. The van der Waals surface area contributed by atoms with E-state index in [1.807, 2.05) is 0 Å². The van der Waals surface area contributed by atoms with Crippen LogP contribution in [0.4, 0.5) is 0 Å². The summed E-state index contributed by atoms with van der Waals surface area (Å²) in [6.45, 7) is 7.81. The smallest absolute Gasteiger partial charge is 0.163 e. The Morgan fingerprint density at radius 3 is 2.58 bits per heavy atom. The molecule has 1 fully saturated rings. The van der Waals surface area contributed by atoms with E-state index in [0.717, 1.165) is 60.3 Å². The van der Waals surface area contributed by atoms with Crippen LogP contribution in [-0.2, 0) is 25.7 Å². The lowest BCUT2D eigenvalue weighted by Gasteiger charge is -2.18. The fourth-order valence-electron chi connectivity index (χ4n) is 5.11. The first-order valence-corrected chi connectivity index (χ1v) is 12.0. The number of aromatic nitrogens is 3. The van der Waals surface area contributed by atoms with E-state index in [2.05, 4.69) is 63.1 Å². The molecule has 1 aliphatic rings. The molecule has 1 atom stereocenters. The molecular formula is C27H36N4. The first kappa shape index (κ1) is 21.9. The monoisotopic (exact) mass is 416 g/mol. The van der Waals surface area contributed by atoms with Crippen LogP contribution in [-0.4, -0.2) is 39.5 Å². The molecule has 2 aromatic heterocycles. The molecule has 0 saturated carbocycles. The highest BCUT2D eigenvalue weighted by atomic mass is 15.1. The van der Waals surface area contributed by atoms with E-state index in [4.69, 9.17) is 15.0 Å². The summed E-state index contributed by atoms with van der Waals surface area (Å²) in [4.78, 5) is 17.1. The molecule has 0 unspecified atom stereocenters. The van der Waals surface area contributed by atoms with E-state index in [0.29, 0.717) is 6.04 Å². The van der Waals surface area contributed by atoms with Gasteiger partial charge in [0.05, 0.1) is 5.69 Å². The third kappa shape index (κ3) is 4.95. The van der Waals surface area contributed by atoms with Gasteiger partial charge in [-0.05, 0) is 81.4 Å². The number of nitrogens with zero attached hydrogens (tertiary/aromatic N) is 4. The van der Waals surface area contributed by atoms with Crippen LogP contribution in [0.25, 0.3) is 11.0 Å². The van der Waals surface area contributed by atoms with Crippen LogP contribution in [0.2, 0.25) is 0 Å². The van der Waals surface area contributed by atoms with Crippen LogP contribution in [0.15, 0.2) is 30.3 Å². The van der Waals surface area contributed by atoms with Gasteiger partial charge >= 0.3 is 0 Å². The lowest BCUT2D eigenvalue weighted by molar-refractivity contribution is 0.295. The SMILES string of the molecule is CCCc1cccc(Cc2ccc3c(C)nc(CC[C@@H]4CCCN4C)nc3n2)c1CC. The molecule has 0 bridgehead atoms. The molecule has 31 heavy (non-hydrogen) atoms. The van der Waals surface area contributed by atoms with Gasteiger partial charge in [0.15, 0.2) is 5.65 Å². The fraction of sp³-hybridized carbons (Fsp3) is 0.519. The quantitative estimate of drug-likeness (QED) is 0.489. The number of pyridine rings is 1. The average molecular weight is 417 g/mol. The number of rotatable bonds is 8. The highest BCUT2D eigenvalue weighted by Crippen LogP contribution is 2.23. The molecule has 164 valence electrons. The Morgan fingerprint density at radius 1 is 1.00 bits per heavy atom. The van der Waals surface area contributed by atoms with Crippen LogP contribution in [0, 0.1) is 6.92 Å². The first-order valence-electron chi connectivity index (χ1n) is 12.0. The molecule has 4 nitrogen and oxygen atoms in total. The van der Waals surface area contributed by atoms with Crippen molar-refractivity contribution in [1.82, 2.24) is 19.9 Å². The largest absolute Gasteiger partial charge is 0.303 e. The van der Waals surface area contributed by atoms with Gasteiger partial charge in [-0.3, -0.25) is 0 Å². The Morgan fingerprint density at radius 2 is 1.84 bits per heavy atom. The number of hydrogen-bond donors (Lipinski definition) is 0. The molecule has 4 heteroatoms. The van der Waals surface area contributed by atoms with Crippen LogP contribution in [0.5, 0.6) is 0 Å². The standard InChI is InChI=1S/C27H36N4/c1-5-9-20-10-7-11-21(24(20)6-2)18-22-13-15-25-19(3)28-26(30-27(25)29-22)16-14-23-12-8-17-31(23)4/h7,10-11,13,15,23H,5-6,8-9,12,14,16-18H2,1-4H3/t23-/m0/s1. The van der Waals surface area contributed by atoms with Crippen molar-refractivity contribution < 1.29 is 0 Å². The molecule has 1 aliphatic heterocycles. The predicted octanol–water partition coefficient (Wildman–Crippen LogP) is 5.47. The summed E-state index contributed by atoms with van der Waals surface area (Å²) >= 11 is 0. The zero-order valence-corrected chi connectivity index (χ0v) is 19.6. The molecular weight excluding hydrogens is 380 g/mol. The van der Waals surface area contributed by atoms with Gasteiger partial charge in [0.1, 0.15) is 5.82 Å². The third-order valence-corrected chi connectivity index (χ3v) is 6.84. The molecule has 0 spiro atoms. The van der Waals surface area contributed by atoms with Gasteiger partial charge in [-0.2, -0.15) is 0 Å². The second-order valence-corrected chi connectivity index (χ2v) is 9.05. The molecule has 3 heterocycles. The normalized spacial score (nSPS) is 17.0. The zero-order chi connectivity index (χ0) is 21.8. The summed E-state index contributed by atoms with van der Waals surface area (Å²) in [6, 6.07) is 11.7. The van der Waals surface area contributed by atoms with E-state index >= 15 is 0 Å². The maximum Gasteiger partial charge on any atom is 0.163 e. The summed E-state index contributed by atoms with van der Waals surface area (Å²) in [5.74, 6) is 0.939. The average Bonchev–Trinajstić information content (AvgIpc) is 3.17. The predicted molar refractivity (Wildman–Crippen MR) is 129 cm³/mol. The van der Waals surface area contributed by atoms with Crippen LogP contribution < -0.4 is 0 Å². The van der Waals surface area contributed by atoms with Crippen molar-refractivity contribution in [3.05, 3.63) is 64.2 Å². The van der Waals surface area contributed by atoms with Crippen LogP contribution in [0.1, 0.15) is 73.4 Å². The van der Waals surface area contributed by atoms with Gasteiger partial charge < -0.3 is 4.90 Å². The van der Waals surface area contributed by atoms with Crippen molar-refractivity contribution in [1.29, 1.82) is 0 Å². The van der Waals surface area contributed by atoms with Crippen molar-refractivity contribution >= 4 is 11.0 Å². The lowest BCUT2D eigenvalue weighted by atomic mass is 9.93. The number of likely N-dealkylation sites (tertiary alicyclic amines) is 1. The number of benzene rings is 1. The Balaban J connectivity index is 1.58. The maximum absolute atomic E-state index is 4.98. The fourth-order valence-corrected chi connectivity index (χ4v) is 5.11. The highest BCUT2D eigenvalue weighted by molar-refractivity contribution is 5.77. The molecule has 3 aromatic rings. The first-order chi connectivity index (χ1) is 15.1. The minimum atomic E-state index is 0.668. The minimum absolute atomic E-state index is 0.668. The molecule has 0 radical (unpaired) electrons. The van der Waals surface area contributed by atoms with E-state index < -0.39 is 0 Å². The Kier molecular flexibility index (Phi) is 6.96. The van der Waals surface area contributed by atoms with E-state index in [-0.39, 0.29) is 0 Å². The lowest BCUT2D eigenvalue weighted by Crippen LogP contribution is -2.25. The van der Waals surface area contributed by atoms with Crippen molar-refractivity contribution in [3.63, 3.8) is 0 Å². The van der Waals surface area contributed by atoms with Gasteiger partial charge in [0.25, 0.3) is 0 Å². The molecule has 0 amide bonds. The van der Waals surface area contributed by atoms with Crippen LogP contribution in [0.3, 0.4) is 0 Å².